The van der Waals surface area contributed by atoms with E-state index < -0.39 is 0 Å². The third-order valence-electron chi connectivity index (χ3n) is 5.84. The van der Waals surface area contributed by atoms with E-state index >= 15 is 0 Å². The van der Waals surface area contributed by atoms with Crippen LogP contribution in [0.3, 0.4) is 0 Å². The molecule has 33 heavy (non-hydrogen) atoms. The van der Waals surface area contributed by atoms with Gasteiger partial charge in [-0.1, -0.05) is 30.9 Å². The van der Waals surface area contributed by atoms with Crippen LogP contribution in [-0.2, 0) is 0 Å². The van der Waals surface area contributed by atoms with Crippen molar-refractivity contribution in [3.63, 3.8) is 0 Å². The van der Waals surface area contributed by atoms with Crippen LogP contribution in [0.25, 0.3) is 39.8 Å². The molecule has 0 heterocycles. The lowest BCUT2D eigenvalue weighted by molar-refractivity contribution is 0.109. The number of carbonyl (C=O) groups is 4. The van der Waals surface area contributed by atoms with Gasteiger partial charge in [0.25, 0.3) is 0 Å². The summed E-state index contributed by atoms with van der Waals surface area (Å²) in [5, 5.41) is 3.46. The van der Waals surface area contributed by atoms with Gasteiger partial charge in [-0.25, -0.2) is 0 Å². The van der Waals surface area contributed by atoms with Crippen molar-refractivity contribution < 1.29 is 19.2 Å². The first kappa shape index (κ1) is 21.8. The summed E-state index contributed by atoms with van der Waals surface area (Å²) in [6.45, 7) is 5.89. The maximum Gasteiger partial charge on any atom is 0.150 e. The quantitative estimate of drug-likeness (QED) is 0.252. The summed E-state index contributed by atoms with van der Waals surface area (Å²) in [4.78, 5) is 45.2. The lowest BCUT2D eigenvalue weighted by atomic mass is 9.95. The van der Waals surface area contributed by atoms with Crippen LogP contribution in [0, 0.1) is 6.92 Å². The number of carbonyl (C=O) groups excluding carboxylic acids is 4. The largest absolute Gasteiger partial charge is 0.298 e. The molecule has 4 aromatic carbocycles. The SMILES string of the molecule is C=Cc1cc2cc(C=O)c(C=O)cc2cc1/C=C\c1cc2cc(C=O)c(C=O)cc2cc1C. The summed E-state index contributed by atoms with van der Waals surface area (Å²) < 4.78 is 0. The number of rotatable bonds is 7. The second kappa shape index (κ2) is 8.97. The molecule has 4 rings (SSSR count). The first-order valence-electron chi connectivity index (χ1n) is 10.3. The van der Waals surface area contributed by atoms with Crippen LogP contribution in [0.5, 0.6) is 0 Å². The average molecular weight is 432 g/mol. The van der Waals surface area contributed by atoms with E-state index in [1.165, 1.54) is 0 Å². The zero-order valence-corrected chi connectivity index (χ0v) is 18.0. The highest BCUT2D eigenvalue weighted by molar-refractivity contribution is 6.01. The smallest absolute Gasteiger partial charge is 0.150 e. The van der Waals surface area contributed by atoms with Crippen molar-refractivity contribution in [2.24, 2.45) is 0 Å². The van der Waals surface area contributed by atoms with Gasteiger partial charge in [0, 0.05) is 22.3 Å². The highest BCUT2D eigenvalue weighted by Crippen LogP contribution is 2.27. The van der Waals surface area contributed by atoms with Crippen molar-refractivity contribution in [2.45, 2.75) is 6.92 Å². The Bertz CT molecular complexity index is 1510. The first-order valence-corrected chi connectivity index (χ1v) is 10.3. The highest BCUT2D eigenvalue weighted by atomic mass is 16.1. The van der Waals surface area contributed by atoms with Crippen LogP contribution in [0.15, 0.2) is 55.1 Å². The molecular weight excluding hydrogens is 412 g/mol. The van der Waals surface area contributed by atoms with Crippen LogP contribution in [0.4, 0.5) is 0 Å². The van der Waals surface area contributed by atoms with E-state index in [1.807, 2.05) is 43.3 Å². The van der Waals surface area contributed by atoms with Crippen molar-refractivity contribution in [3.05, 3.63) is 99.6 Å². The molecule has 0 aliphatic heterocycles. The molecule has 4 nitrogen and oxygen atoms in total. The van der Waals surface area contributed by atoms with Gasteiger partial charge in [-0.15, -0.1) is 0 Å². The van der Waals surface area contributed by atoms with E-state index in [2.05, 4.69) is 6.58 Å². The van der Waals surface area contributed by atoms with Crippen molar-refractivity contribution in [2.75, 3.05) is 0 Å². The van der Waals surface area contributed by atoms with Crippen LogP contribution in [-0.4, -0.2) is 25.1 Å². The van der Waals surface area contributed by atoms with Crippen LogP contribution in [0.1, 0.15) is 63.7 Å². The molecule has 0 N–H and O–H groups in total. The van der Waals surface area contributed by atoms with Crippen molar-refractivity contribution in [3.8, 4) is 0 Å². The van der Waals surface area contributed by atoms with Gasteiger partial charge >= 0.3 is 0 Å². The summed E-state index contributed by atoms with van der Waals surface area (Å²) in [6.07, 6.45) is 8.45. The summed E-state index contributed by atoms with van der Waals surface area (Å²) in [6, 6.07) is 14.7. The van der Waals surface area contributed by atoms with Gasteiger partial charge in [-0.3, -0.25) is 19.2 Å². The molecule has 0 atom stereocenters. The average Bonchev–Trinajstić information content (AvgIpc) is 2.85. The molecule has 0 aromatic heterocycles. The summed E-state index contributed by atoms with van der Waals surface area (Å²) in [5.74, 6) is 0. The minimum atomic E-state index is 0.352. The molecule has 4 heteroatoms. The first-order chi connectivity index (χ1) is 16.0. The Kier molecular flexibility index (Phi) is 5.92. The third-order valence-corrected chi connectivity index (χ3v) is 5.84. The van der Waals surface area contributed by atoms with Gasteiger partial charge in [0.15, 0.2) is 25.1 Å². The molecule has 0 radical (unpaired) electrons. The molecule has 0 unspecified atom stereocenters. The Labute approximate surface area is 190 Å². The molecule has 0 saturated heterocycles. The Morgan fingerprint density at radius 1 is 0.485 bits per heavy atom. The lowest BCUT2D eigenvalue weighted by Gasteiger charge is -2.09. The number of hydrogen-bond acceptors (Lipinski definition) is 4. The van der Waals surface area contributed by atoms with E-state index in [4.69, 9.17) is 0 Å². The highest BCUT2D eigenvalue weighted by Gasteiger charge is 2.08. The fourth-order valence-electron chi connectivity index (χ4n) is 4.02. The van der Waals surface area contributed by atoms with E-state index in [-0.39, 0.29) is 0 Å². The van der Waals surface area contributed by atoms with Crippen molar-refractivity contribution >= 4 is 64.9 Å². The molecule has 0 fully saturated rings. The standard InChI is InChI=1S/C29H20O4/c1-3-19-7-23-11-27(15-31)29(17-33)13-25(23)9-21(19)5-4-20-8-24-12-28(16-32)26(14-30)10-22(24)6-18(20)2/h3-17H,1H2,2H3/b5-4-. The van der Waals surface area contributed by atoms with E-state index in [0.29, 0.717) is 47.4 Å². The van der Waals surface area contributed by atoms with Crippen molar-refractivity contribution in [1.82, 2.24) is 0 Å². The Hall–Kier alpha value is -4.44. The van der Waals surface area contributed by atoms with Crippen molar-refractivity contribution in [1.29, 1.82) is 0 Å². The zero-order valence-electron chi connectivity index (χ0n) is 18.0. The molecule has 160 valence electrons. The summed E-state index contributed by atoms with van der Waals surface area (Å²) in [7, 11) is 0. The zero-order chi connectivity index (χ0) is 23.5. The van der Waals surface area contributed by atoms with Crippen LogP contribution in [0.2, 0.25) is 0 Å². The van der Waals surface area contributed by atoms with Gasteiger partial charge in [0.1, 0.15) is 0 Å². The molecule has 0 bridgehead atoms. The minimum Gasteiger partial charge on any atom is -0.298 e. The van der Waals surface area contributed by atoms with E-state index in [0.717, 1.165) is 43.8 Å². The number of fused-ring (bicyclic) bond motifs is 2. The predicted octanol–water partition coefficient (Wildman–Crippen LogP) is 6.36. The predicted molar refractivity (Wildman–Crippen MR) is 133 cm³/mol. The molecule has 0 spiro atoms. The molecule has 0 aliphatic carbocycles. The Morgan fingerprint density at radius 3 is 1.24 bits per heavy atom. The normalized spacial score (nSPS) is 11.1. The fourth-order valence-corrected chi connectivity index (χ4v) is 4.02. The molecule has 0 aliphatic rings. The van der Waals surface area contributed by atoms with Gasteiger partial charge in [0.05, 0.1) is 0 Å². The number of aryl methyl sites for hydroxylation is 1. The monoisotopic (exact) mass is 432 g/mol. The van der Waals surface area contributed by atoms with Crippen LogP contribution >= 0.6 is 0 Å². The summed E-state index contributed by atoms with van der Waals surface area (Å²) in [5.41, 5.74) is 5.25. The van der Waals surface area contributed by atoms with E-state index in [1.54, 1.807) is 30.3 Å². The van der Waals surface area contributed by atoms with Gasteiger partial charge < -0.3 is 0 Å². The second-order valence-electron chi connectivity index (χ2n) is 7.86. The fraction of sp³-hybridized carbons (Fsp3) is 0.0345. The lowest BCUT2D eigenvalue weighted by Crippen LogP contribution is -1.93. The van der Waals surface area contributed by atoms with Gasteiger partial charge in [-0.05, 0) is 93.2 Å². The number of hydrogen-bond donors (Lipinski definition) is 0. The van der Waals surface area contributed by atoms with Gasteiger partial charge in [-0.2, -0.15) is 0 Å². The Balaban J connectivity index is 1.82. The molecule has 4 aromatic rings. The number of benzene rings is 4. The second-order valence-corrected chi connectivity index (χ2v) is 7.86. The molecule has 0 saturated carbocycles. The topological polar surface area (TPSA) is 68.3 Å². The Morgan fingerprint density at radius 2 is 0.818 bits per heavy atom. The van der Waals surface area contributed by atoms with E-state index in [9.17, 15) is 19.2 Å². The third kappa shape index (κ3) is 4.06. The maximum absolute atomic E-state index is 11.3. The van der Waals surface area contributed by atoms with Crippen LogP contribution < -0.4 is 0 Å². The maximum atomic E-state index is 11.3. The molecular formula is C29H20O4. The number of aldehydes is 4. The minimum absolute atomic E-state index is 0.352. The molecule has 0 amide bonds. The van der Waals surface area contributed by atoms with Gasteiger partial charge in [0.2, 0.25) is 0 Å². The summed E-state index contributed by atoms with van der Waals surface area (Å²) >= 11 is 0.